The molecule has 0 bridgehead atoms. The monoisotopic (exact) mass is 408 g/mol. The van der Waals surface area contributed by atoms with Crippen LogP contribution < -0.4 is 10.6 Å². The molecule has 4 aromatic rings. The van der Waals surface area contributed by atoms with Crippen LogP contribution in [0.3, 0.4) is 0 Å². The second-order valence-corrected chi connectivity index (χ2v) is 7.00. The Hall–Kier alpha value is -3.73. The van der Waals surface area contributed by atoms with E-state index in [9.17, 15) is 9.59 Å². The van der Waals surface area contributed by atoms with Crippen LogP contribution in [0, 0.1) is 0 Å². The van der Waals surface area contributed by atoms with Crippen molar-refractivity contribution < 1.29 is 9.59 Å². The Kier molecular flexibility index (Phi) is 5.20. The van der Waals surface area contributed by atoms with E-state index in [4.69, 9.17) is 0 Å². The lowest BCUT2D eigenvalue weighted by Crippen LogP contribution is -2.15. The maximum atomic E-state index is 12.4. The minimum atomic E-state index is -0.299. The fourth-order valence-electron chi connectivity index (χ4n) is 2.57. The van der Waals surface area contributed by atoms with E-state index in [1.54, 1.807) is 31.3 Å². The van der Waals surface area contributed by atoms with E-state index in [-0.39, 0.29) is 17.6 Å². The van der Waals surface area contributed by atoms with Gasteiger partial charge in [-0.1, -0.05) is 23.9 Å². The second-order valence-electron chi connectivity index (χ2n) is 6.06. The van der Waals surface area contributed by atoms with Crippen LogP contribution in [-0.4, -0.2) is 47.7 Å². The molecule has 29 heavy (non-hydrogen) atoms. The Bertz CT molecular complexity index is 1140. The summed E-state index contributed by atoms with van der Waals surface area (Å²) < 4.78 is 1.49. The summed E-state index contributed by atoms with van der Waals surface area (Å²) in [6, 6.07) is 14.1. The van der Waals surface area contributed by atoms with Crippen LogP contribution >= 0.6 is 11.8 Å². The number of hydrogen-bond acceptors (Lipinski definition) is 7. The Morgan fingerprint density at radius 2 is 1.90 bits per heavy atom. The summed E-state index contributed by atoms with van der Waals surface area (Å²) in [4.78, 5) is 31.8. The molecule has 0 atom stereocenters. The summed E-state index contributed by atoms with van der Waals surface area (Å²) in [6.45, 7) is 0. The molecule has 4 rings (SSSR count). The number of rotatable bonds is 6. The number of aromatic nitrogens is 6. The van der Waals surface area contributed by atoms with Gasteiger partial charge in [-0.25, -0.2) is 9.67 Å². The molecule has 2 heterocycles. The number of thioether (sulfide) groups is 1. The van der Waals surface area contributed by atoms with Crippen molar-refractivity contribution in [1.29, 1.82) is 0 Å². The van der Waals surface area contributed by atoms with Gasteiger partial charge in [0.15, 0.2) is 0 Å². The molecule has 0 saturated carbocycles. The SMILES string of the molecule is Cn1nnnc1SCC(=O)Nc1ccc(C(=O)Nc2nc3ccccc3[nH]2)cc1. The predicted octanol–water partition coefficient (Wildman–Crippen LogP) is 2.07. The minimum absolute atomic E-state index is 0.169. The number of aryl methyl sites for hydroxylation is 1. The van der Waals surface area contributed by atoms with Crippen molar-refractivity contribution in [2.75, 3.05) is 16.4 Å². The maximum absolute atomic E-state index is 12.4. The topological polar surface area (TPSA) is 130 Å². The summed E-state index contributed by atoms with van der Waals surface area (Å²) in [7, 11) is 1.70. The number of imidazole rings is 1. The van der Waals surface area contributed by atoms with E-state index in [0.717, 1.165) is 11.0 Å². The number of amides is 2. The van der Waals surface area contributed by atoms with Gasteiger partial charge in [-0.3, -0.25) is 14.9 Å². The first-order valence-electron chi connectivity index (χ1n) is 8.59. The zero-order valence-electron chi connectivity index (χ0n) is 15.3. The number of nitrogens with one attached hydrogen (secondary N) is 3. The van der Waals surface area contributed by atoms with Crippen LogP contribution in [0.25, 0.3) is 11.0 Å². The first-order chi connectivity index (χ1) is 14.1. The molecule has 0 radical (unpaired) electrons. The lowest BCUT2D eigenvalue weighted by atomic mass is 10.2. The summed E-state index contributed by atoms with van der Waals surface area (Å²) >= 11 is 1.23. The maximum Gasteiger partial charge on any atom is 0.257 e. The number of H-pyrrole nitrogens is 1. The smallest absolute Gasteiger partial charge is 0.257 e. The molecule has 0 aliphatic heterocycles. The zero-order valence-corrected chi connectivity index (χ0v) is 16.1. The van der Waals surface area contributed by atoms with E-state index in [1.807, 2.05) is 24.3 Å². The van der Waals surface area contributed by atoms with Crippen LogP contribution in [0.15, 0.2) is 53.7 Å². The van der Waals surface area contributed by atoms with Crippen molar-refractivity contribution in [1.82, 2.24) is 30.2 Å². The highest BCUT2D eigenvalue weighted by Gasteiger charge is 2.11. The molecule has 0 aliphatic rings. The van der Waals surface area contributed by atoms with Gasteiger partial charge in [0.05, 0.1) is 16.8 Å². The van der Waals surface area contributed by atoms with Gasteiger partial charge in [-0.2, -0.15) is 0 Å². The molecule has 3 N–H and O–H groups in total. The molecule has 0 unspecified atom stereocenters. The molecule has 146 valence electrons. The van der Waals surface area contributed by atoms with E-state index in [1.165, 1.54) is 16.4 Å². The van der Waals surface area contributed by atoms with Gasteiger partial charge in [-0.15, -0.1) is 5.10 Å². The molecular formula is C18H16N8O2S. The molecule has 2 aromatic heterocycles. The molecule has 2 amide bonds. The van der Waals surface area contributed by atoms with E-state index in [0.29, 0.717) is 22.4 Å². The van der Waals surface area contributed by atoms with Gasteiger partial charge < -0.3 is 10.3 Å². The molecule has 10 nitrogen and oxygen atoms in total. The highest BCUT2D eigenvalue weighted by atomic mass is 32.2. The van der Waals surface area contributed by atoms with Crippen LogP contribution in [0.4, 0.5) is 11.6 Å². The van der Waals surface area contributed by atoms with Gasteiger partial charge in [0.25, 0.3) is 5.91 Å². The number of para-hydroxylation sites is 2. The zero-order chi connectivity index (χ0) is 20.2. The average molecular weight is 408 g/mol. The number of tetrazole rings is 1. The highest BCUT2D eigenvalue weighted by Crippen LogP contribution is 2.16. The van der Waals surface area contributed by atoms with Crippen molar-refractivity contribution in [2.24, 2.45) is 7.05 Å². The number of fused-ring (bicyclic) bond motifs is 1. The largest absolute Gasteiger partial charge is 0.325 e. The molecule has 0 saturated heterocycles. The fraction of sp³-hybridized carbons (Fsp3) is 0.111. The van der Waals surface area contributed by atoms with Gasteiger partial charge in [0.2, 0.25) is 17.0 Å². The summed E-state index contributed by atoms with van der Waals surface area (Å²) in [6.07, 6.45) is 0. The Morgan fingerprint density at radius 1 is 1.10 bits per heavy atom. The third-order valence-corrected chi connectivity index (χ3v) is 4.98. The molecule has 2 aromatic carbocycles. The van der Waals surface area contributed by atoms with Gasteiger partial charge in [-0.05, 0) is 46.8 Å². The lowest BCUT2D eigenvalue weighted by molar-refractivity contribution is -0.113. The summed E-state index contributed by atoms with van der Waals surface area (Å²) in [5.41, 5.74) is 2.65. The van der Waals surface area contributed by atoms with Gasteiger partial charge >= 0.3 is 0 Å². The van der Waals surface area contributed by atoms with Crippen molar-refractivity contribution in [2.45, 2.75) is 5.16 Å². The average Bonchev–Trinajstić information content (AvgIpc) is 3.32. The summed E-state index contributed by atoms with van der Waals surface area (Å²) in [5.74, 6) is 0.0521. The quantitative estimate of drug-likeness (QED) is 0.416. The van der Waals surface area contributed by atoms with Crippen molar-refractivity contribution >= 4 is 46.2 Å². The molecular weight excluding hydrogens is 392 g/mol. The Morgan fingerprint density at radius 3 is 2.62 bits per heavy atom. The van der Waals surface area contributed by atoms with Gasteiger partial charge in [0, 0.05) is 18.3 Å². The third kappa shape index (κ3) is 4.41. The second kappa shape index (κ2) is 8.10. The van der Waals surface area contributed by atoms with Gasteiger partial charge in [0.1, 0.15) is 0 Å². The Labute approximate surface area is 169 Å². The lowest BCUT2D eigenvalue weighted by Gasteiger charge is -2.06. The normalized spacial score (nSPS) is 10.8. The van der Waals surface area contributed by atoms with Crippen LogP contribution in [-0.2, 0) is 11.8 Å². The molecule has 11 heteroatoms. The van der Waals surface area contributed by atoms with Crippen LogP contribution in [0.5, 0.6) is 0 Å². The number of anilines is 2. The van der Waals surface area contributed by atoms with Crippen molar-refractivity contribution in [3.63, 3.8) is 0 Å². The number of aromatic amines is 1. The van der Waals surface area contributed by atoms with Crippen LogP contribution in [0.2, 0.25) is 0 Å². The van der Waals surface area contributed by atoms with E-state index >= 15 is 0 Å². The number of hydrogen-bond donors (Lipinski definition) is 3. The number of carbonyl (C=O) groups excluding carboxylic acids is 2. The van der Waals surface area contributed by atoms with Crippen molar-refractivity contribution in [3.8, 4) is 0 Å². The summed E-state index contributed by atoms with van der Waals surface area (Å²) in [5, 5.41) is 17.1. The van der Waals surface area contributed by atoms with Crippen molar-refractivity contribution in [3.05, 3.63) is 54.1 Å². The highest BCUT2D eigenvalue weighted by molar-refractivity contribution is 7.99. The van der Waals surface area contributed by atoms with E-state index in [2.05, 4.69) is 36.1 Å². The predicted molar refractivity (Wildman–Crippen MR) is 109 cm³/mol. The minimum Gasteiger partial charge on any atom is -0.325 e. The first-order valence-corrected chi connectivity index (χ1v) is 9.58. The molecule has 0 aliphatic carbocycles. The fourth-order valence-corrected chi connectivity index (χ4v) is 3.22. The molecule has 0 spiro atoms. The van der Waals surface area contributed by atoms with E-state index < -0.39 is 0 Å². The number of carbonyl (C=O) groups is 2. The number of benzene rings is 2. The number of nitrogens with zero attached hydrogens (tertiary/aromatic N) is 5. The molecule has 0 fully saturated rings. The standard InChI is InChI=1S/C18H16N8O2S/c1-26-18(23-24-25-26)29-10-15(27)19-12-8-6-11(7-9-12)16(28)22-17-20-13-4-2-3-5-14(13)21-17/h2-9H,10H2,1H3,(H,19,27)(H2,20,21,22,28). The third-order valence-electron chi connectivity index (χ3n) is 3.97. The Balaban J connectivity index is 1.33. The van der Waals surface area contributed by atoms with Crippen LogP contribution in [0.1, 0.15) is 10.4 Å². The first kappa shape index (κ1) is 18.6.